The maximum absolute atomic E-state index is 10.3. The second-order valence-electron chi connectivity index (χ2n) is 5.50. The Kier molecular flexibility index (Phi) is 17.8. The van der Waals surface area contributed by atoms with Crippen molar-refractivity contribution in [2.45, 2.75) is 0 Å². The summed E-state index contributed by atoms with van der Waals surface area (Å²) in [5.74, 6) is 0. The van der Waals surface area contributed by atoms with E-state index in [0.29, 0.717) is 0 Å². The van der Waals surface area contributed by atoms with E-state index in [9.17, 15) is 43.1 Å². The molecule has 0 fully saturated rings. The van der Waals surface area contributed by atoms with E-state index >= 15 is 0 Å². The van der Waals surface area contributed by atoms with Crippen LogP contribution in [0.2, 0.25) is 0 Å². The molecule has 0 saturated carbocycles. The van der Waals surface area contributed by atoms with E-state index in [1.54, 1.807) is 18.2 Å². The molecule has 3 aromatic carbocycles. The molecule has 32 heavy (non-hydrogen) atoms. The van der Waals surface area contributed by atoms with E-state index < -0.39 is 22.8 Å². The van der Waals surface area contributed by atoms with Crippen LogP contribution in [0.5, 0.6) is 0 Å². The average Bonchev–Trinajstić information content (AvgIpc) is 2.69. The second-order valence-corrected chi connectivity index (χ2v) is 10.0. The monoisotopic (exact) mass is 786 g/mol. The predicted molar refractivity (Wildman–Crippen MR) is 101 cm³/mol. The summed E-state index contributed by atoms with van der Waals surface area (Å²) in [7, 11) is -13.6. The van der Waals surface area contributed by atoms with Crippen molar-refractivity contribution >= 4 is 38.7 Å². The quantitative estimate of drug-likeness (QED) is 0.263. The molecule has 0 N–H and O–H groups in total. The third-order valence-corrected chi connectivity index (χ3v) is 6.01. The van der Waals surface area contributed by atoms with Crippen molar-refractivity contribution in [3.05, 3.63) is 91.0 Å². The van der Waals surface area contributed by atoms with Crippen LogP contribution < -0.4 is 45.3 Å². The first kappa shape index (κ1) is 34.8. The topological polar surface area (TPSA) is 190 Å². The normalized spacial score (nSPS) is 10.7. The van der Waals surface area contributed by atoms with E-state index in [4.69, 9.17) is 0 Å². The first-order valence-electron chi connectivity index (χ1n) is 8.05. The van der Waals surface area contributed by atoms with Crippen molar-refractivity contribution in [1.82, 2.24) is 0 Å². The molecule has 0 aromatic heterocycles. The zero-order chi connectivity index (χ0) is 22.8. The van der Waals surface area contributed by atoms with Crippen molar-refractivity contribution in [3.8, 4) is 0 Å². The van der Waals surface area contributed by atoms with Gasteiger partial charge in [0, 0.05) is 0 Å². The van der Waals surface area contributed by atoms with Crippen molar-refractivity contribution < 1.29 is 120 Å². The molecule has 0 aliphatic carbocycles. The fourth-order valence-electron chi connectivity index (χ4n) is 1.83. The number of rotatable bonds is 3. The Balaban J connectivity index is 0. The second kappa shape index (κ2) is 16.4. The minimum atomic E-state index is -4.52. The van der Waals surface area contributed by atoms with Crippen LogP contribution in [0, 0.1) is 77.2 Å². The molecule has 0 spiro atoms. The van der Waals surface area contributed by atoms with Crippen LogP contribution in [0.1, 0.15) is 0 Å². The molecular formula is C18H15O9P3Tb2. The summed E-state index contributed by atoms with van der Waals surface area (Å²) in [5, 5.41) is -0.472. The Morgan fingerprint density at radius 3 is 0.625 bits per heavy atom. The van der Waals surface area contributed by atoms with Gasteiger partial charge in [-0.05, 0) is 38.7 Å². The molecule has 14 heteroatoms. The molecule has 174 valence electrons. The van der Waals surface area contributed by atoms with Gasteiger partial charge in [-0.15, -0.1) is 0 Å². The molecule has 0 bridgehead atoms. The Morgan fingerprint density at radius 1 is 0.375 bits per heavy atom. The average molecular weight is 786 g/mol. The molecule has 3 rings (SSSR count). The summed E-state index contributed by atoms with van der Waals surface area (Å²) in [6, 6.07) is 21.7. The standard InChI is InChI=1S/3C6H7O3P.2Tb/c3*7-10(8,9)6-4-2-1-3-5-6;;/h3*1-5H,(H2,7,8,9);;/q;;;2*+3/p-6. The molecule has 0 heterocycles. The van der Waals surface area contributed by atoms with Crippen molar-refractivity contribution in [3.63, 3.8) is 0 Å². The summed E-state index contributed by atoms with van der Waals surface area (Å²) < 4.78 is 30.9. The van der Waals surface area contributed by atoms with Gasteiger partial charge in [0.1, 0.15) is 0 Å². The van der Waals surface area contributed by atoms with Gasteiger partial charge in [-0.3, -0.25) is 0 Å². The maximum Gasteiger partial charge on any atom is 3.00 e. The zero-order valence-corrected chi connectivity index (χ0v) is 22.8. The molecular weight excluding hydrogens is 771 g/mol. The van der Waals surface area contributed by atoms with E-state index in [-0.39, 0.29) is 93.1 Å². The first-order valence-corrected chi connectivity index (χ1v) is 12.7. The molecule has 0 aliphatic rings. The largest absolute Gasteiger partial charge is 3.00 e. The number of hydrogen-bond acceptors (Lipinski definition) is 9. The fraction of sp³-hybridized carbons (Fsp3) is 0. The SMILES string of the molecule is O=P([O-])([O-])c1ccccc1.O=P([O-])([O-])c1ccccc1.O=P([O-])([O-])c1ccccc1.[Tb+3].[Tb+3]. The van der Waals surface area contributed by atoms with Crippen molar-refractivity contribution in [2.24, 2.45) is 0 Å². The summed E-state index contributed by atoms with van der Waals surface area (Å²) in [6.07, 6.45) is 0. The van der Waals surface area contributed by atoms with Gasteiger partial charge < -0.3 is 43.1 Å². The molecule has 0 saturated heterocycles. The van der Waals surface area contributed by atoms with Crippen molar-refractivity contribution in [2.75, 3.05) is 0 Å². The van der Waals surface area contributed by atoms with E-state index in [1.807, 2.05) is 0 Å². The minimum absolute atomic E-state index is 0. The van der Waals surface area contributed by atoms with Crippen LogP contribution >= 0.6 is 22.8 Å². The molecule has 9 nitrogen and oxygen atoms in total. The van der Waals surface area contributed by atoms with E-state index in [2.05, 4.69) is 0 Å². The van der Waals surface area contributed by atoms with Gasteiger partial charge in [-0.2, -0.15) is 0 Å². The molecule has 3 aromatic rings. The summed E-state index contributed by atoms with van der Waals surface area (Å²) in [5.41, 5.74) is 0. The third-order valence-electron chi connectivity index (χ3n) is 3.22. The Hall–Kier alpha value is 0.681. The minimum Gasteiger partial charge on any atom is -0.807 e. The molecule has 0 amide bonds. The van der Waals surface area contributed by atoms with Crippen LogP contribution in [0.4, 0.5) is 0 Å². The van der Waals surface area contributed by atoms with E-state index in [0.717, 1.165) is 0 Å². The predicted octanol–water partition coefficient (Wildman–Crippen LogP) is -2.32. The summed E-state index contributed by atoms with van der Waals surface area (Å²) in [6.45, 7) is 0. The van der Waals surface area contributed by atoms with Crippen LogP contribution in [0.25, 0.3) is 0 Å². The van der Waals surface area contributed by atoms with Gasteiger partial charge in [0.2, 0.25) is 0 Å². The van der Waals surface area contributed by atoms with Crippen LogP contribution in [-0.4, -0.2) is 0 Å². The molecule has 0 unspecified atom stereocenters. The van der Waals surface area contributed by atoms with Gasteiger partial charge in [0.15, 0.2) is 0 Å². The zero-order valence-electron chi connectivity index (χ0n) is 15.8. The van der Waals surface area contributed by atoms with Crippen LogP contribution in [0.15, 0.2) is 91.0 Å². The third kappa shape index (κ3) is 14.8. The van der Waals surface area contributed by atoms with Gasteiger partial charge in [-0.25, -0.2) is 0 Å². The van der Waals surface area contributed by atoms with Gasteiger partial charge in [-0.1, -0.05) is 91.0 Å². The van der Waals surface area contributed by atoms with E-state index in [1.165, 1.54) is 72.8 Å². The smallest absolute Gasteiger partial charge is 0.807 e. The van der Waals surface area contributed by atoms with Crippen LogP contribution in [-0.2, 0) is 13.7 Å². The summed E-state index contributed by atoms with van der Waals surface area (Å²) in [4.78, 5) is 61.8. The van der Waals surface area contributed by atoms with Gasteiger partial charge >= 0.3 is 77.2 Å². The Morgan fingerprint density at radius 2 is 0.531 bits per heavy atom. The number of hydrogen-bond donors (Lipinski definition) is 0. The maximum atomic E-state index is 10.3. The fourth-order valence-corrected chi connectivity index (χ4v) is 3.44. The molecule has 0 radical (unpaired) electrons. The molecule has 0 aliphatic heterocycles. The number of benzene rings is 3. The Labute approximate surface area is 247 Å². The van der Waals surface area contributed by atoms with Crippen LogP contribution in [0.3, 0.4) is 0 Å². The van der Waals surface area contributed by atoms with Crippen molar-refractivity contribution in [1.29, 1.82) is 0 Å². The first-order chi connectivity index (χ1) is 13.8. The van der Waals surface area contributed by atoms with Gasteiger partial charge in [0.05, 0.1) is 0 Å². The Bertz CT molecular complexity index is 900. The molecule has 0 atom stereocenters. The van der Waals surface area contributed by atoms with Gasteiger partial charge in [0.25, 0.3) is 0 Å². The summed E-state index contributed by atoms with van der Waals surface area (Å²) >= 11 is 0.